The summed E-state index contributed by atoms with van der Waals surface area (Å²) in [7, 11) is -0.465. The summed E-state index contributed by atoms with van der Waals surface area (Å²) >= 11 is 0. The Labute approximate surface area is 254 Å². The molecule has 0 radical (unpaired) electrons. The second-order valence-electron chi connectivity index (χ2n) is 12.1. The van der Waals surface area contributed by atoms with Crippen LogP contribution in [0.1, 0.15) is 35.1 Å². The molecule has 2 heteroatoms. The molecule has 4 atom stereocenters. The van der Waals surface area contributed by atoms with Gasteiger partial charge in [0.25, 0.3) is 0 Å². The maximum Gasteiger partial charge on any atom is -0.0119 e. The minimum atomic E-state index is -0.233. The van der Waals surface area contributed by atoms with Crippen molar-refractivity contribution >= 4 is 26.5 Å². The topological polar surface area (TPSA) is 0 Å². The van der Waals surface area contributed by atoms with Crippen LogP contribution in [0.25, 0.3) is 0 Å². The van der Waals surface area contributed by atoms with Crippen LogP contribution in [0.4, 0.5) is 0 Å². The zero-order chi connectivity index (χ0) is 28.1. The molecule has 2 saturated heterocycles. The lowest BCUT2D eigenvalue weighted by atomic mass is 10.0. The van der Waals surface area contributed by atoms with Gasteiger partial charge in [0.2, 0.25) is 0 Å². The van der Waals surface area contributed by atoms with Crippen molar-refractivity contribution in [2.75, 3.05) is 0 Å². The first-order valence-corrected chi connectivity index (χ1v) is 18.6. The fraction of sp³-hybridized carbons (Fsp3) is 0.250. The quantitative estimate of drug-likeness (QED) is 0.144. The lowest BCUT2D eigenvalue weighted by Gasteiger charge is -2.51. The van der Waals surface area contributed by atoms with Crippen LogP contribution in [-0.2, 0) is 25.7 Å². The van der Waals surface area contributed by atoms with Crippen molar-refractivity contribution in [2.45, 2.75) is 61.2 Å². The van der Waals surface area contributed by atoms with Crippen LogP contribution >= 0.6 is 15.8 Å². The van der Waals surface area contributed by atoms with Gasteiger partial charge in [-0.1, -0.05) is 161 Å². The van der Waals surface area contributed by atoms with E-state index < -0.39 is 0 Å². The zero-order valence-corrected chi connectivity index (χ0v) is 26.1. The van der Waals surface area contributed by atoms with Crippen LogP contribution in [0.3, 0.4) is 0 Å². The normalized spacial score (nSPS) is 22.3. The van der Waals surface area contributed by atoms with Crippen LogP contribution in [-0.4, -0.2) is 22.6 Å². The molecule has 5 aromatic rings. The first kappa shape index (κ1) is 27.8. The van der Waals surface area contributed by atoms with Gasteiger partial charge in [-0.2, -0.15) is 0 Å². The standard InChI is InChI=1S/C40H40P2/c1-5-15-31(16-6-1)25-35-29-36(26-32-17-7-2-8-18-32)41(35)39-23-13-14-24-40(39)42-37(27-33-19-9-3-10-20-33)30-38(42)28-34-21-11-4-12-22-34/h1-24,35-38H,25-30H2/t35-,36-,37-,38-/m0/s1. The van der Waals surface area contributed by atoms with Gasteiger partial charge in [-0.05, 0) is 94.0 Å². The van der Waals surface area contributed by atoms with E-state index in [1.165, 1.54) is 60.8 Å². The molecule has 0 bridgehead atoms. The summed E-state index contributed by atoms with van der Waals surface area (Å²) in [4.78, 5) is 0. The Kier molecular flexibility index (Phi) is 8.65. The Bertz CT molecular complexity index is 1340. The smallest absolute Gasteiger partial charge is 0.0119 e. The van der Waals surface area contributed by atoms with E-state index in [0.29, 0.717) is 0 Å². The highest BCUT2D eigenvalue weighted by atomic mass is 31.1. The maximum atomic E-state index is 2.55. The van der Waals surface area contributed by atoms with E-state index in [1.807, 2.05) is 0 Å². The molecular formula is C40H40P2. The molecule has 2 heterocycles. The van der Waals surface area contributed by atoms with Gasteiger partial charge >= 0.3 is 0 Å². The van der Waals surface area contributed by atoms with Crippen molar-refractivity contribution in [2.24, 2.45) is 0 Å². The largest absolute Gasteiger partial charge is 0.0675 e. The molecule has 7 rings (SSSR count). The van der Waals surface area contributed by atoms with Gasteiger partial charge in [0.05, 0.1) is 0 Å². The summed E-state index contributed by atoms with van der Waals surface area (Å²) in [6.45, 7) is 0. The van der Waals surface area contributed by atoms with Crippen molar-refractivity contribution in [3.63, 3.8) is 0 Å². The van der Waals surface area contributed by atoms with Gasteiger partial charge in [-0.15, -0.1) is 0 Å². The summed E-state index contributed by atoms with van der Waals surface area (Å²) in [6, 6.07) is 54.8. The second kappa shape index (κ2) is 13.1. The molecule has 0 spiro atoms. The Morgan fingerprint density at radius 1 is 0.333 bits per heavy atom. The number of hydrogen-bond acceptors (Lipinski definition) is 0. The third kappa shape index (κ3) is 6.18. The summed E-state index contributed by atoms with van der Waals surface area (Å²) in [5.41, 5.74) is 9.10. The zero-order valence-electron chi connectivity index (χ0n) is 24.3. The van der Waals surface area contributed by atoms with Gasteiger partial charge in [0.1, 0.15) is 0 Å². The van der Waals surface area contributed by atoms with Crippen LogP contribution < -0.4 is 10.6 Å². The Balaban J connectivity index is 1.22. The Morgan fingerprint density at radius 2 is 0.571 bits per heavy atom. The van der Waals surface area contributed by atoms with Gasteiger partial charge in [0.15, 0.2) is 0 Å². The highest BCUT2D eigenvalue weighted by Gasteiger charge is 2.46. The van der Waals surface area contributed by atoms with Crippen molar-refractivity contribution in [3.8, 4) is 0 Å². The molecule has 210 valence electrons. The Morgan fingerprint density at radius 3 is 0.833 bits per heavy atom. The van der Waals surface area contributed by atoms with E-state index in [0.717, 1.165) is 22.6 Å². The molecule has 5 aromatic carbocycles. The Hall–Kier alpha value is -3.04. The van der Waals surface area contributed by atoms with Crippen LogP contribution in [0.2, 0.25) is 0 Å². The van der Waals surface area contributed by atoms with Gasteiger partial charge < -0.3 is 0 Å². The third-order valence-corrected chi connectivity index (χ3v) is 16.1. The average Bonchev–Trinajstić information content (AvgIpc) is 3.03. The SMILES string of the molecule is c1ccc(C[C@H]2C[C@H](Cc3ccccc3)P2c2ccccc2P2[C@@H](Cc3ccccc3)C[C@@H]2Cc2ccccc2)cc1. The molecule has 2 fully saturated rings. The van der Waals surface area contributed by atoms with Crippen LogP contribution in [0, 0.1) is 0 Å². The summed E-state index contributed by atoms with van der Waals surface area (Å²) in [5, 5.41) is 3.48. The molecule has 2 aliphatic rings. The summed E-state index contributed by atoms with van der Waals surface area (Å²) < 4.78 is 0. The first-order valence-electron chi connectivity index (χ1n) is 15.6. The third-order valence-electron chi connectivity index (χ3n) is 9.36. The van der Waals surface area contributed by atoms with E-state index in [-0.39, 0.29) is 15.8 Å². The molecule has 0 unspecified atom stereocenters. The van der Waals surface area contributed by atoms with Gasteiger partial charge in [-0.25, -0.2) is 0 Å². The van der Waals surface area contributed by atoms with Crippen molar-refractivity contribution in [1.82, 2.24) is 0 Å². The predicted octanol–water partition coefficient (Wildman–Crippen LogP) is 9.15. The van der Waals surface area contributed by atoms with Crippen molar-refractivity contribution in [1.29, 1.82) is 0 Å². The second-order valence-corrected chi connectivity index (χ2v) is 17.7. The maximum absolute atomic E-state index is 2.55. The first-order chi connectivity index (χ1) is 20.8. The molecule has 2 aliphatic heterocycles. The molecular weight excluding hydrogens is 542 g/mol. The molecule has 0 N–H and O–H groups in total. The molecule has 0 aromatic heterocycles. The molecule has 0 aliphatic carbocycles. The monoisotopic (exact) mass is 582 g/mol. The molecule has 0 saturated carbocycles. The van der Waals surface area contributed by atoms with E-state index >= 15 is 0 Å². The average molecular weight is 583 g/mol. The minimum absolute atomic E-state index is 0.233. The number of hydrogen-bond donors (Lipinski definition) is 0. The minimum Gasteiger partial charge on any atom is -0.0675 e. The summed E-state index contributed by atoms with van der Waals surface area (Å²) in [6.07, 6.45) is 7.55. The number of benzene rings is 5. The lowest BCUT2D eigenvalue weighted by molar-refractivity contribution is 0.627. The fourth-order valence-corrected chi connectivity index (χ4v) is 14.8. The number of rotatable bonds is 10. The summed E-state index contributed by atoms with van der Waals surface area (Å²) in [5.74, 6) is 0. The van der Waals surface area contributed by atoms with Crippen LogP contribution in [0.15, 0.2) is 146 Å². The lowest BCUT2D eigenvalue weighted by Crippen LogP contribution is -2.46. The van der Waals surface area contributed by atoms with E-state index in [9.17, 15) is 0 Å². The van der Waals surface area contributed by atoms with E-state index in [1.54, 1.807) is 10.6 Å². The van der Waals surface area contributed by atoms with E-state index in [4.69, 9.17) is 0 Å². The highest BCUT2D eigenvalue weighted by Crippen LogP contribution is 2.65. The van der Waals surface area contributed by atoms with Crippen molar-refractivity contribution < 1.29 is 0 Å². The fourth-order valence-electron chi connectivity index (χ4n) is 7.36. The molecule has 42 heavy (non-hydrogen) atoms. The highest BCUT2D eigenvalue weighted by molar-refractivity contribution is 7.74. The molecule has 0 nitrogen and oxygen atoms in total. The van der Waals surface area contributed by atoms with Gasteiger partial charge in [-0.3, -0.25) is 0 Å². The molecule has 0 amide bonds. The van der Waals surface area contributed by atoms with E-state index in [2.05, 4.69) is 146 Å². The van der Waals surface area contributed by atoms with Crippen LogP contribution in [0.5, 0.6) is 0 Å². The van der Waals surface area contributed by atoms with Crippen molar-refractivity contribution in [3.05, 3.63) is 168 Å². The van der Waals surface area contributed by atoms with Gasteiger partial charge in [0, 0.05) is 0 Å². The predicted molar refractivity (Wildman–Crippen MR) is 185 cm³/mol.